The molecule has 0 heterocycles. The molecule has 1 aromatic carbocycles. The average Bonchev–Trinajstić information content (AvgIpc) is 2.01. The Labute approximate surface area is 84.1 Å². The van der Waals surface area contributed by atoms with E-state index in [2.05, 4.69) is 0 Å². The van der Waals surface area contributed by atoms with Crippen LogP contribution >= 0.6 is 11.6 Å². The number of benzene rings is 1. The van der Waals surface area contributed by atoms with Gasteiger partial charge in [0.25, 0.3) is 0 Å². The summed E-state index contributed by atoms with van der Waals surface area (Å²) in [6.45, 7) is 0. The first-order chi connectivity index (χ1) is 6.56. The highest BCUT2D eigenvalue weighted by Crippen LogP contribution is 2.23. The van der Waals surface area contributed by atoms with Crippen LogP contribution in [0.5, 0.6) is 5.75 Å². The predicted octanol–water partition coefficient (Wildman–Crippen LogP) is 2.48. The van der Waals surface area contributed by atoms with Gasteiger partial charge in [0.15, 0.2) is 5.78 Å². The van der Waals surface area contributed by atoms with Crippen molar-refractivity contribution in [2.75, 3.05) is 5.88 Å². The van der Waals surface area contributed by atoms with Crippen molar-refractivity contribution in [3.8, 4) is 5.75 Å². The Bertz CT molecular complexity index is 343. The van der Waals surface area contributed by atoms with Crippen LogP contribution in [0.25, 0.3) is 0 Å². The molecule has 0 aliphatic heterocycles. The Hall–Kier alpha value is -1.16. The normalized spacial score (nSPS) is 10.2. The summed E-state index contributed by atoms with van der Waals surface area (Å²) in [6.07, 6.45) is -0.0995. The Balaban J connectivity index is 3.14. The quantitative estimate of drug-likeness (QED) is 0.628. The van der Waals surface area contributed by atoms with Crippen molar-refractivity contribution in [3.05, 3.63) is 29.3 Å². The second-order valence-electron chi connectivity index (χ2n) is 2.64. The molecular weight excluding hydrogens is 214 g/mol. The number of phenols is 1. The van der Waals surface area contributed by atoms with Gasteiger partial charge >= 0.3 is 0 Å². The molecule has 0 amide bonds. The van der Waals surface area contributed by atoms with Crippen molar-refractivity contribution in [3.63, 3.8) is 0 Å². The Kier molecular flexibility index (Phi) is 3.41. The van der Waals surface area contributed by atoms with E-state index in [1.165, 1.54) is 0 Å². The number of carbonyl (C=O) groups excluding carboxylic acids is 1. The minimum absolute atomic E-state index is 0.0229. The van der Waals surface area contributed by atoms with E-state index < -0.39 is 28.7 Å². The van der Waals surface area contributed by atoms with Gasteiger partial charge in [-0.2, -0.15) is 0 Å². The number of Topliss-reactive ketones (excluding diaryl/α,β-unsaturated/α-hetero) is 1. The molecule has 0 radical (unpaired) electrons. The summed E-state index contributed by atoms with van der Waals surface area (Å²) >= 11 is 5.28. The lowest BCUT2D eigenvalue weighted by Gasteiger charge is -2.03. The lowest BCUT2D eigenvalue weighted by molar-refractivity contribution is 0.0982. The number of ketones is 1. The molecule has 0 saturated heterocycles. The third kappa shape index (κ3) is 2.20. The van der Waals surface area contributed by atoms with Gasteiger partial charge in [-0.05, 0) is 0 Å². The zero-order chi connectivity index (χ0) is 10.7. The zero-order valence-electron chi connectivity index (χ0n) is 7.06. The van der Waals surface area contributed by atoms with Crippen molar-refractivity contribution in [1.29, 1.82) is 0 Å². The number of hydrogen-bond donors (Lipinski definition) is 1. The SMILES string of the molecule is O=C(CCCl)c1c(O)cc(F)cc1F. The molecule has 2 nitrogen and oxygen atoms in total. The van der Waals surface area contributed by atoms with Crippen LogP contribution in [0.4, 0.5) is 8.78 Å². The molecule has 1 N–H and O–H groups in total. The number of alkyl halides is 1. The van der Waals surface area contributed by atoms with Crippen molar-refractivity contribution in [1.82, 2.24) is 0 Å². The standard InChI is InChI=1S/C9H7ClF2O2/c10-2-1-7(13)9-6(12)3-5(11)4-8(9)14/h3-4,14H,1-2H2. The van der Waals surface area contributed by atoms with E-state index >= 15 is 0 Å². The van der Waals surface area contributed by atoms with Crippen molar-refractivity contribution < 1.29 is 18.7 Å². The van der Waals surface area contributed by atoms with Gasteiger partial charge in [-0.1, -0.05) is 0 Å². The lowest BCUT2D eigenvalue weighted by Crippen LogP contribution is -2.04. The maximum absolute atomic E-state index is 13.0. The molecule has 0 atom stereocenters. The molecule has 0 fully saturated rings. The van der Waals surface area contributed by atoms with E-state index in [9.17, 15) is 13.6 Å². The Morgan fingerprint density at radius 1 is 1.43 bits per heavy atom. The van der Waals surface area contributed by atoms with Crippen molar-refractivity contribution in [2.45, 2.75) is 6.42 Å². The second-order valence-corrected chi connectivity index (χ2v) is 3.02. The first-order valence-corrected chi connectivity index (χ1v) is 4.37. The number of rotatable bonds is 3. The summed E-state index contributed by atoms with van der Waals surface area (Å²) in [6, 6.07) is 1.23. The van der Waals surface area contributed by atoms with Gasteiger partial charge in [0.1, 0.15) is 17.4 Å². The van der Waals surface area contributed by atoms with Gasteiger partial charge in [0.05, 0.1) is 5.56 Å². The first-order valence-electron chi connectivity index (χ1n) is 3.83. The van der Waals surface area contributed by atoms with Crippen LogP contribution in [0.2, 0.25) is 0 Å². The molecule has 0 unspecified atom stereocenters. The van der Waals surface area contributed by atoms with Crippen molar-refractivity contribution >= 4 is 17.4 Å². The van der Waals surface area contributed by atoms with Crippen molar-refractivity contribution in [2.24, 2.45) is 0 Å². The van der Waals surface area contributed by atoms with Crippen LogP contribution < -0.4 is 0 Å². The Morgan fingerprint density at radius 2 is 2.07 bits per heavy atom. The molecule has 76 valence electrons. The molecule has 1 rings (SSSR count). The van der Waals surface area contributed by atoms with E-state index in [1.807, 2.05) is 0 Å². The second kappa shape index (κ2) is 4.37. The summed E-state index contributed by atoms with van der Waals surface area (Å²) in [5.74, 6) is -3.32. The largest absolute Gasteiger partial charge is 0.507 e. The molecule has 0 aromatic heterocycles. The number of halogens is 3. The summed E-state index contributed by atoms with van der Waals surface area (Å²) in [5, 5.41) is 9.13. The van der Waals surface area contributed by atoms with Crippen LogP contribution in [-0.4, -0.2) is 16.8 Å². The van der Waals surface area contributed by atoms with Gasteiger partial charge in [-0.15, -0.1) is 11.6 Å². The molecule has 14 heavy (non-hydrogen) atoms. The van der Waals surface area contributed by atoms with E-state index in [0.29, 0.717) is 12.1 Å². The van der Waals surface area contributed by atoms with E-state index in [1.54, 1.807) is 0 Å². The molecule has 0 aliphatic carbocycles. The highest BCUT2D eigenvalue weighted by atomic mass is 35.5. The van der Waals surface area contributed by atoms with E-state index in [-0.39, 0.29) is 12.3 Å². The van der Waals surface area contributed by atoms with Gasteiger partial charge in [-0.3, -0.25) is 4.79 Å². The number of phenolic OH excluding ortho intramolecular Hbond substituents is 1. The topological polar surface area (TPSA) is 37.3 Å². The van der Waals surface area contributed by atoms with Gasteiger partial charge in [0, 0.05) is 24.4 Å². The molecule has 1 aromatic rings. The molecule has 5 heteroatoms. The summed E-state index contributed by atoms with van der Waals surface area (Å²) in [5.41, 5.74) is -0.507. The maximum atomic E-state index is 13.0. The molecule has 0 spiro atoms. The van der Waals surface area contributed by atoms with Gasteiger partial charge in [0.2, 0.25) is 0 Å². The minimum atomic E-state index is -1.07. The highest BCUT2D eigenvalue weighted by molar-refractivity contribution is 6.19. The molecular formula is C9H7ClF2O2. The fourth-order valence-corrected chi connectivity index (χ4v) is 1.22. The smallest absolute Gasteiger partial charge is 0.170 e. The summed E-state index contributed by atoms with van der Waals surface area (Å²) < 4.78 is 25.5. The fraction of sp³-hybridized carbons (Fsp3) is 0.222. The number of carbonyl (C=O) groups is 1. The van der Waals surface area contributed by atoms with Crippen LogP contribution in [0.1, 0.15) is 16.8 Å². The highest BCUT2D eigenvalue weighted by Gasteiger charge is 2.17. The van der Waals surface area contributed by atoms with Crippen LogP contribution in [0.15, 0.2) is 12.1 Å². The molecule has 0 aliphatic rings. The monoisotopic (exact) mass is 220 g/mol. The summed E-state index contributed by atoms with van der Waals surface area (Å²) in [7, 11) is 0. The van der Waals surface area contributed by atoms with Gasteiger partial charge in [-0.25, -0.2) is 8.78 Å². The Morgan fingerprint density at radius 3 is 2.57 bits per heavy atom. The number of aromatic hydroxyl groups is 1. The van der Waals surface area contributed by atoms with Crippen LogP contribution in [-0.2, 0) is 0 Å². The van der Waals surface area contributed by atoms with E-state index in [0.717, 1.165) is 0 Å². The average molecular weight is 221 g/mol. The van der Waals surface area contributed by atoms with Crippen LogP contribution in [0.3, 0.4) is 0 Å². The third-order valence-electron chi connectivity index (χ3n) is 1.63. The fourth-order valence-electron chi connectivity index (χ4n) is 1.05. The number of hydrogen-bond acceptors (Lipinski definition) is 2. The predicted molar refractivity (Wildman–Crippen MR) is 47.7 cm³/mol. The molecule has 0 saturated carbocycles. The first kappa shape index (κ1) is 10.9. The van der Waals surface area contributed by atoms with E-state index in [4.69, 9.17) is 16.7 Å². The van der Waals surface area contributed by atoms with Crippen LogP contribution in [0, 0.1) is 11.6 Å². The lowest BCUT2D eigenvalue weighted by atomic mass is 10.1. The summed E-state index contributed by atoms with van der Waals surface area (Å²) in [4.78, 5) is 11.2. The molecule has 0 bridgehead atoms. The van der Waals surface area contributed by atoms with Gasteiger partial charge < -0.3 is 5.11 Å². The third-order valence-corrected chi connectivity index (χ3v) is 1.82. The minimum Gasteiger partial charge on any atom is -0.507 e. The zero-order valence-corrected chi connectivity index (χ0v) is 7.81. The maximum Gasteiger partial charge on any atom is 0.170 e.